The number of carbonyl (C=O) groups excluding carboxylic acids is 3. The molecule has 0 atom stereocenters. The zero-order chi connectivity index (χ0) is 25.6. The minimum atomic E-state index is -0.728. The molecule has 34 heavy (non-hydrogen) atoms. The van der Waals surface area contributed by atoms with Gasteiger partial charge in [-0.3, -0.25) is 0 Å². The van der Waals surface area contributed by atoms with Crippen molar-refractivity contribution >= 4 is 24.0 Å². The molecule has 1 aliphatic rings. The third-order valence-electron chi connectivity index (χ3n) is 5.47. The van der Waals surface area contributed by atoms with Crippen LogP contribution in [0.3, 0.4) is 0 Å². The predicted octanol–water partition coefficient (Wildman–Crippen LogP) is 4.74. The molecule has 0 spiro atoms. The van der Waals surface area contributed by atoms with Crippen LogP contribution < -0.4 is 0 Å². The minimum Gasteiger partial charge on any atom is -0.463 e. The zero-order valence-corrected chi connectivity index (χ0v) is 21.4. The van der Waals surface area contributed by atoms with Gasteiger partial charge in [0.1, 0.15) is 5.60 Å². The van der Waals surface area contributed by atoms with Gasteiger partial charge in [-0.05, 0) is 65.7 Å². The van der Waals surface area contributed by atoms with E-state index < -0.39 is 29.4 Å². The normalized spacial score (nSPS) is 15.1. The van der Waals surface area contributed by atoms with E-state index in [-0.39, 0.29) is 13.2 Å². The van der Waals surface area contributed by atoms with Gasteiger partial charge in [-0.25, -0.2) is 14.4 Å². The highest BCUT2D eigenvalue weighted by Gasteiger charge is 2.40. The Bertz CT molecular complexity index is 999. The van der Waals surface area contributed by atoms with Gasteiger partial charge in [0.25, 0.3) is 0 Å². The van der Waals surface area contributed by atoms with Gasteiger partial charge in [-0.1, -0.05) is 24.3 Å². The molecule has 0 saturated heterocycles. The first-order valence-electron chi connectivity index (χ1n) is 11.4. The summed E-state index contributed by atoms with van der Waals surface area (Å²) >= 11 is 0. The molecule has 0 saturated carbocycles. The number of benzene rings is 1. The van der Waals surface area contributed by atoms with Gasteiger partial charge in [-0.15, -0.1) is 0 Å². The zero-order valence-electron chi connectivity index (χ0n) is 21.4. The third-order valence-corrected chi connectivity index (χ3v) is 5.47. The molecule has 0 aliphatic carbocycles. The molecule has 0 aromatic heterocycles. The lowest BCUT2D eigenvalue weighted by Crippen LogP contribution is -2.34. The van der Waals surface area contributed by atoms with Gasteiger partial charge in [-0.2, -0.15) is 0 Å². The fourth-order valence-corrected chi connectivity index (χ4v) is 3.85. The molecule has 1 heterocycles. The van der Waals surface area contributed by atoms with Crippen molar-refractivity contribution in [3.05, 3.63) is 64.0 Å². The van der Waals surface area contributed by atoms with Crippen molar-refractivity contribution in [1.29, 1.82) is 0 Å². The Morgan fingerprint density at radius 2 is 1.44 bits per heavy atom. The van der Waals surface area contributed by atoms with Crippen LogP contribution in [0.1, 0.15) is 65.5 Å². The smallest absolute Gasteiger partial charge is 0.336 e. The fourth-order valence-electron chi connectivity index (χ4n) is 3.85. The summed E-state index contributed by atoms with van der Waals surface area (Å²) < 4.78 is 16.1. The number of carbonyl (C=O) groups is 3. The van der Waals surface area contributed by atoms with Gasteiger partial charge in [0, 0.05) is 24.5 Å². The van der Waals surface area contributed by atoms with Crippen LogP contribution in [0.4, 0.5) is 0 Å². The summed E-state index contributed by atoms with van der Waals surface area (Å²) in [7, 11) is 1.80. The first kappa shape index (κ1) is 26.9. The number of hydrogen-bond donors (Lipinski definition) is 0. The van der Waals surface area contributed by atoms with Crippen LogP contribution in [0.5, 0.6) is 0 Å². The standard InChI is InChI=1S/C27H35NO6/c1-9-32-25(30)22-17(3)28(8)18(4)23(26(31)33-10-2)24(22)20-14-12-11-13-19(20)15-16-21(29)34-27(5,6)7/h11-16,24H,9-10H2,1-8H3. The van der Waals surface area contributed by atoms with E-state index in [4.69, 9.17) is 14.2 Å². The lowest BCUT2D eigenvalue weighted by Gasteiger charge is -2.36. The molecule has 7 nitrogen and oxygen atoms in total. The molecule has 0 unspecified atom stereocenters. The summed E-state index contributed by atoms with van der Waals surface area (Å²) in [5.41, 5.74) is 2.81. The molecule has 1 aromatic carbocycles. The average molecular weight is 470 g/mol. The first-order chi connectivity index (χ1) is 15.9. The summed E-state index contributed by atoms with van der Waals surface area (Å²) in [4.78, 5) is 40.4. The van der Waals surface area contributed by atoms with Crippen LogP contribution >= 0.6 is 0 Å². The monoisotopic (exact) mass is 469 g/mol. The second-order valence-corrected chi connectivity index (χ2v) is 8.93. The molecule has 2 rings (SSSR count). The Labute approximate surface area is 202 Å². The SMILES string of the molecule is CCOC(=O)C1=C(C)N(C)C(C)=C(C(=O)OCC)C1c1ccccc1C=CC(=O)OC(C)(C)C. The molecule has 0 bridgehead atoms. The molecular weight excluding hydrogens is 434 g/mol. The Balaban J connectivity index is 2.71. The van der Waals surface area contributed by atoms with Crippen molar-refractivity contribution in [2.45, 2.75) is 60.0 Å². The predicted molar refractivity (Wildman–Crippen MR) is 130 cm³/mol. The van der Waals surface area contributed by atoms with Crippen molar-refractivity contribution < 1.29 is 28.6 Å². The highest BCUT2D eigenvalue weighted by Crippen LogP contribution is 2.43. The first-order valence-corrected chi connectivity index (χ1v) is 11.4. The summed E-state index contributed by atoms with van der Waals surface area (Å²) in [6, 6.07) is 7.32. The Hall–Kier alpha value is -3.35. The molecule has 7 heteroatoms. The van der Waals surface area contributed by atoms with Crippen molar-refractivity contribution in [2.24, 2.45) is 0 Å². The number of hydrogen-bond acceptors (Lipinski definition) is 7. The number of esters is 3. The van der Waals surface area contributed by atoms with Gasteiger partial charge >= 0.3 is 17.9 Å². The van der Waals surface area contributed by atoms with Gasteiger partial charge < -0.3 is 19.1 Å². The van der Waals surface area contributed by atoms with Crippen LogP contribution in [0.25, 0.3) is 6.08 Å². The summed E-state index contributed by atoms with van der Waals surface area (Å²) in [6.07, 6.45) is 2.98. The molecule has 0 N–H and O–H groups in total. The van der Waals surface area contributed by atoms with Crippen LogP contribution in [-0.2, 0) is 28.6 Å². The summed E-state index contributed by atoms with van der Waals surface area (Å²) in [5, 5.41) is 0. The number of ether oxygens (including phenoxy) is 3. The van der Waals surface area contributed by atoms with Gasteiger partial charge in [0.2, 0.25) is 0 Å². The minimum absolute atomic E-state index is 0.198. The van der Waals surface area contributed by atoms with E-state index in [1.807, 2.05) is 38.1 Å². The van der Waals surface area contributed by atoms with E-state index in [1.54, 1.807) is 52.6 Å². The molecule has 184 valence electrons. The average Bonchev–Trinajstić information content (AvgIpc) is 2.75. The van der Waals surface area contributed by atoms with E-state index in [2.05, 4.69) is 0 Å². The second-order valence-electron chi connectivity index (χ2n) is 8.93. The van der Waals surface area contributed by atoms with Crippen LogP contribution in [0, 0.1) is 0 Å². The van der Waals surface area contributed by atoms with Crippen molar-refractivity contribution in [1.82, 2.24) is 4.90 Å². The van der Waals surface area contributed by atoms with Crippen molar-refractivity contribution in [2.75, 3.05) is 20.3 Å². The molecule has 1 aromatic rings. The van der Waals surface area contributed by atoms with E-state index in [0.29, 0.717) is 33.7 Å². The van der Waals surface area contributed by atoms with E-state index in [9.17, 15) is 14.4 Å². The van der Waals surface area contributed by atoms with Crippen LogP contribution in [0.15, 0.2) is 52.9 Å². The summed E-state index contributed by atoms with van der Waals surface area (Å²) in [6.45, 7) is 12.9. The Kier molecular flexibility index (Phi) is 8.85. The van der Waals surface area contributed by atoms with Gasteiger partial charge in [0.15, 0.2) is 0 Å². The maximum atomic E-state index is 13.1. The molecule has 0 radical (unpaired) electrons. The maximum Gasteiger partial charge on any atom is 0.336 e. The highest BCUT2D eigenvalue weighted by molar-refractivity contribution is 6.00. The molecule has 1 aliphatic heterocycles. The maximum absolute atomic E-state index is 13.1. The highest BCUT2D eigenvalue weighted by atomic mass is 16.6. The van der Waals surface area contributed by atoms with Crippen molar-refractivity contribution in [3.8, 4) is 0 Å². The molecule has 0 amide bonds. The topological polar surface area (TPSA) is 82.1 Å². The molecular formula is C27H35NO6. The van der Waals surface area contributed by atoms with Crippen molar-refractivity contribution in [3.63, 3.8) is 0 Å². The third kappa shape index (κ3) is 6.16. The lowest BCUT2D eigenvalue weighted by atomic mass is 9.78. The Morgan fingerprint density at radius 1 is 0.941 bits per heavy atom. The van der Waals surface area contributed by atoms with E-state index >= 15 is 0 Å². The number of allylic oxidation sites excluding steroid dienone is 2. The largest absolute Gasteiger partial charge is 0.463 e. The second kappa shape index (κ2) is 11.2. The summed E-state index contributed by atoms with van der Waals surface area (Å²) in [5.74, 6) is -2.22. The number of nitrogens with zero attached hydrogens (tertiary/aromatic N) is 1. The van der Waals surface area contributed by atoms with E-state index in [1.165, 1.54) is 6.08 Å². The van der Waals surface area contributed by atoms with Crippen LogP contribution in [0.2, 0.25) is 0 Å². The number of rotatable bonds is 7. The van der Waals surface area contributed by atoms with Crippen LogP contribution in [-0.4, -0.2) is 48.7 Å². The molecule has 0 fully saturated rings. The quantitative estimate of drug-likeness (QED) is 0.324. The Morgan fingerprint density at radius 3 is 1.91 bits per heavy atom. The fraction of sp³-hybridized carbons (Fsp3) is 0.444. The van der Waals surface area contributed by atoms with Gasteiger partial charge in [0.05, 0.1) is 30.3 Å². The van der Waals surface area contributed by atoms with E-state index in [0.717, 1.165) is 0 Å². The lowest BCUT2D eigenvalue weighted by molar-refractivity contribution is -0.148.